The molecule has 1 unspecified atom stereocenters. The number of nitrogens with one attached hydrogen (secondary N) is 2. The molecule has 2 N–H and O–H groups in total. The average molecular weight is 262 g/mol. The smallest absolute Gasteiger partial charge is 0.122 e. The molecule has 0 aliphatic carbocycles. The summed E-state index contributed by atoms with van der Waals surface area (Å²) in [6.45, 7) is 5.52. The molecule has 1 saturated heterocycles. The summed E-state index contributed by atoms with van der Waals surface area (Å²) < 4.78 is 5.37. The molecule has 3 nitrogen and oxygen atoms in total. The van der Waals surface area contributed by atoms with Gasteiger partial charge in [0.15, 0.2) is 0 Å². The summed E-state index contributed by atoms with van der Waals surface area (Å²) in [6.07, 6.45) is 4.71. The van der Waals surface area contributed by atoms with E-state index in [9.17, 15) is 0 Å². The van der Waals surface area contributed by atoms with Crippen LogP contribution < -0.4 is 15.4 Å². The van der Waals surface area contributed by atoms with Crippen LogP contribution in [0.15, 0.2) is 18.2 Å². The van der Waals surface area contributed by atoms with Gasteiger partial charge in [-0.15, -0.1) is 0 Å². The van der Waals surface area contributed by atoms with Gasteiger partial charge in [0.1, 0.15) is 5.75 Å². The van der Waals surface area contributed by atoms with Gasteiger partial charge in [-0.1, -0.05) is 19.1 Å². The van der Waals surface area contributed by atoms with Crippen molar-refractivity contribution in [3.05, 3.63) is 29.3 Å². The minimum Gasteiger partial charge on any atom is -0.496 e. The van der Waals surface area contributed by atoms with Gasteiger partial charge in [-0.3, -0.25) is 0 Å². The number of hydrogen-bond donors (Lipinski definition) is 2. The third-order valence-corrected chi connectivity index (χ3v) is 3.87. The monoisotopic (exact) mass is 262 g/mol. The summed E-state index contributed by atoms with van der Waals surface area (Å²) in [5.41, 5.74) is 2.70. The number of rotatable bonds is 6. The van der Waals surface area contributed by atoms with Crippen molar-refractivity contribution in [3.63, 3.8) is 0 Å². The third kappa shape index (κ3) is 4.22. The van der Waals surface area contributed by atoms with Crippen LogP contribution in [-0.2, 0) is 12.8 Å². The van der Waals surface area contributed by atoms with E-state index >= 15 is 0 Å². The zero-order chi connectivity index (χ0) is 13.5. The van der Waals surface area contributed by atoms with E-state index in [1.807, 2.05) is 0 Å². The normalized spacial score (nSPS) is 19.4. The molecule has 1 aromatic rings. The molecule has 0 aromatic heterocycles. The fourth-order valence-electron chi connectivity index (χ4n) is 2.71. The molecular formula is C16H26N2O. The molecule has 1 aliphatic rings. The SMILES string of the molecule is CCc1cc(CCNC2CCCNC2)ccc1OC. The minimum atomic E-state index is 0.651. The van der Waals surface area contributed by atoms with Crippen LogP contribution in [0.25, 0.3) is 0 Å². The highest BCUT2D eigenvalue weighted by molar-refractivity contribution is 5.37. The number of ether oxygens (including phenoxy) is 1. The summed E-state index contributed by atoms with van der Waals surface area (Å²) in [7, 11) is 1.74. The average Bonchev–Trinajstić information content (AvgIpc) is 2.48. The fraction of sp³-hybridized carbons (Fsp3) is 0.625. The number of aryl methyl sites for hydroxylation is 1. The fourth-order valence-corrected chi connectivity index (χ4v) is 2.71. The Morgan fingerprint density at radius 2 is 2.32 bits per heavy atom. The van der Waals surface area contributed by atoms with E-state index in [0.717, 1.165) is 31.7 Å². The van der Waals surface area contributed by atoms with E-state index in [4.69, 9.17) is 4.74 Å². The first-order valence-electron chi connectivity index (χ1n) is 7.43. The van der Waals surface area contributed by atoms with Crippen molar-refractivity contribution in [2.45, 2.75) is 38.6 Å². The molecule has 0 saturated carbocycles. The van der Waals surface area contributed by atoms with E-state index in [1.54, 1.807) is 7.11 Å². The lowest BCUT2D eigenvalue weighted by atomic mass is 10.0. The van der Waals surface area contributed by atoms with E-state index in [0.29, 0.717) is 6.04 Å². The lowest BCUT2D eigenvalue weighted by molar-refractivity contribution is 0.392. The number of benzene rings is 1. The molecule has 1 atom stereocenters. The van der Waals surface area contributed by atoms with Crippen molar-refractivity contribution in [1.82, 2.24) is 10.6 Å². The van der Waals surface area contributed by atoms with Crippen molar-refractivity contribution in [3.8, 4) is 5.75 Å². The summed E-state index contributed by atoms with van der Waals surface area (Å²) in [6, 6.07) is 7.20. The first kappa shape index (κ1) is 14.4. The molecule has 1 fully saturated rings. The standard InChI is InChI=1S/C16H26N2O/c1-3-14-11-13(6-7-16(14)19-2)8-10-18-15-5-4-9-17-12-15/h6-7,11,15,17-18H,3-5,8-10,12H2,1-2H3. The van der Waals surface area contributed by atoms with Gasteiger partial charge >= 0.3 is 0 Å². The Labute approximate surface area is 116 Å². The molecule has 19 heavy (non-hydrogen) atoms. The van der Waals surface area contributed by atoms with Crippen molar-refractivity contribution in [1.29, 1.82) is 0 Å². The summed E-state index contributed by atoms with van der Waals surface area (Å²) in [5.74, 6) is 1.01. The molecule has 1 aliphatic heterocycles. The van der Waals surface area contributed by atoms with Crippen molar-refractivity contribution >= 4 is 0 Å². The molecule has 0 amide bonds. The summed E-state index contributed by atoms with van der Waals surface area (Å²) >= 11 is 0. The van der Waals surface area contributed by atoms with Crippen LogP contribution >= 0.6 is 0 Å². The van der Waals surface area contributed by atoms with Crippen molar-refractivity contribution < 1.29 is 4.74 Å². The molecule has 2 rings (SSSR count). The topological polar surface area (TPSA) is 33.3 Å². The number of piperidine rings is 1. The Kier molecular flexibility index (Phi) is 5.67. The predicted molar refractivity (Wildman–Crippen MR) is 80.0 cm³/mol. The summed E-state index contributed by atoms with van der Waals surface area (Å²) in [5, 5.41) is 7.08. The summed E-state index contributed by atoms with van der Waals surface area (Å²) in [4.78, 5) is 0. The highest BCUT2D eigenvalue weighted by Crippen LogP contribution is 2.20. The van der Waals surface area contributed by atoms with Gasteiger partial charge < -0.3 is 15.4 Å². The minimum absolute atomic E-state index is 0.651. The molecule has 0 bridgehead atoms. The molecule has 0 spiro atoms. The second-order valence-electron chi connectivity index (χ2n) is 5.25. The molecular weight excluding hydrogens is 236 g/mol. The van der Waals surface area contributed by atoms with Gasteiger partial charge in [0.05, 0.1) is 7.11 Å². The van der Waals surface area contributed by atoms with E-state index in [2.05, 4.69) is 35.8 Å². The highest BCUT2D eigenvalue weighted by Gasteiger charge is 2.11. The number of methoxy groups -OCH3 is 1. The Morgan fingerprint density at radius 1 is 1.42 bits per heavy atom. The van der Waals surface area contributed by atoms with Crippen LogP contribution in [-0.4, -0.2) is 32.8 Å². The van der Waals surface area contributed by atoms with Gasteiger partial charge in [-0.25, -0.2) is 0 Å². The van der Waals surface area contributed by atoms with Gasteiger partial charge in [0.2, 0.25) is 0 Å². The molecule has 1 heterocycles. The maximum Gasteiger partial charge on any atom is 0.122 e. The lowest BCUT2D eigenvalue weighted by Gasteiger charge is -2.24. The van der Waals surface area contributed by atoms with Crippen LogP contribution in [0.5, 0.6) is 5.75 Å². The van der Waals surface area contributed by atoms with Crippen LogP contribution in [0.2, 0.25) is 0 Å². The van der Waals surface area contributed by atoms with Gasteiger partial charge in [-0.05, 0) is 56.0 Å². The van der Waals surface area contributed by atoms with E-state index < -0.39 is 0 Å². The van der Waals surface area contributed by atoms with Crippen LogP contribution in [0.4, 0.5) is 0 Å². The van der Waals surface area contributed by atoms with Gasteiger partial charge in [0, 0.05) is 12.6 Å². The highest BCUT2D eigenvalue weighted by atomic mass is 16.5. The first-order valence-corrected chi connectivity index (χ1v) is 7.43. The van der Waals surface area contributed by atoms with Crippen molar-refractivity contribution in [2.24, 2.45) is 0 Å². The van der Waals surface area contributed by atoms with Gasteiger partial charge in [-0.2, -0.15) is 0 Å². The van der Waals surface area contributed by atoms with Crippen molar-refractivity contribution in [2.75, 3.05) is 26.7 Å². The maximum atomic E-state index is 5.37. The molecule has 1 aromatic carbocycles. The largest absolute Gasteiger partial charge is 0.496 e. The Bertz CT molecular complexity index is 386. The third-order valence-electron chi connectivity index (χ3n) is 3.87. The Balaban J connectivity index is 1.81. The lowest BCUT2D eigenvalue weighted by Crippen LogP contribution is -2.43. The number of hydrogen-bond acceptors (Lipinski definition) is 3. The molecule has 0 radical (unpaired) electrons. The molecule has 3 heteroatoms. The van der Waals surface area contributed by atoms with Crippen LogP contribution in [0.1, 0.15) is 30.9 Å². The maximum absolute atomic E-state index is 5.37. The quantitative estimate of drug-likeness (QED) is 0.824. The van der Waals surface area contributed by atoms with E-state index in [-0.39, 0.29) is 0 Å². The first-order chi connectivity index (χ1) is 9.33. The Morgan fingerprint density at radius 3 is 3.00 bits per heavy atom. The predicted octanol–water partition coefficient (Wildman–Crippen LogP) is 2.14. The van der Waals surface area contributed by atoms with Gasteiger partial charge in [0.25, 0.3) is 0 Å². The Hall–Kier alpha value is -1.06. The zero-order valence-electron chi connectivity index (χ0n) is 12.2. The zero-order valence-corrected chi connectivity index (χ0v) is 12.2. The second kappa shape index (κ2) is 7.51. The van der Waals surface area contributed by atoms with Crippen LogP contribution in [0.3, 0.4) is 0 Å². The molecule has 106 valence electrons. The second-order valence-corrected chi connectivity index (χ2v) is 5.25. The van der Waals surface area contributed by atoms with Crippen LogP contribution in [0, 0.1) is 0 Å². The van der Waals surface area contributed by atoms with E-state index in [1.165, 1.54) is 30.5 Å².